The monoisotopic (exact) mass is 307 g/mol. The standard InChI is InChI=1S/C13H14BrN3O/c1-17-8-12(7-16-17)15-6-10-5-11(14)4-9-2-3-18-13(9)10/h4-5,7-8,15H,2-3,6H2,1H3. The van der Waals surface area contributed by atoms with Gasteiger partial charge in [-0.25, -0.2) is 0 Å². The molecule has 1 aromatic carbocycles. The van der Waals surface area contributed by atoms with E-state index in [9.17, 15) is 0 Å². The average molecular weight is 308 g/mol. The summed E-state index contributed by atoms with van der Waals surface area (Å²) >= 11 is 3.55. The number of aromatic nitrogens is 2. The molecule has 0 aliphatic carbocycles. The fourth-order valence-corrected chi connectivity index (χ4v) is 2.74. The molecule has 1 aromatic heterocycles. The Morgan fingerprint density at radius 3 is 3.17 bits per heavy atom. The molecule has 94 valence electrons. The van der Waals surface area contributed by atoms with Gasteiger partial charge in [0.1, 0.15) is 5.75 Å². The van der Waals surface area contributed by atoms with Crippen LogP contribution in [0.3, 0.4) is 0 Å². The lowest BCUT2D eigenvalue weighted by Gasteiger charge is -2.10. The lowest BCUT2D eigenvalue weighted by molar-refractivity contribution is 0.354. The molecule has 5 heteroatoms. The van der Waals surface area contributed by atoms with E-state index in [-0.39, 0.29) is 0 Å². The van der Waals surface area contributed by atoms with Crippen molar-refractivity contribution in [1.29, 1.82) is 0 Å². The van der Waals surface area contributed by atoms with Crippen LogP contribution in [0.4, 0.5) is 5.69 Å². The fraction of sp³-hybridized carbons (Fsp3) is 0.308. The minimum absolute atomic E-state index is 0.744. The van der Waals surface area contributed by atoms with E-state index in [0.29, 0.717) is 0 Å². The van der Waals surface area contributed by atoms with Gasteiger partial charge in [-0.3, -0.25) is 4.68 Å². The summed E-state index contributed by atoms with van der Waals surface area (Å²) in [6.45, 7) is 1.53. The molecule has 3 rings (SSSR count). The van der Waals surface area contributed by atoms with Crippen LogP contribution in [-0.4, -0.2) is 16.4 Å². The molecular formula is C13H14BrN3O. The molecule has 1 aliphatic rings. The zero-order valence-corrected chi connectivity index (χ0v) is 11.7. The topological polar surface area (TPSA) is 39.1 Å². The number of nitrogens with zero attached hydrogens (tertiary/aromatic N) is 2. The summed E-state index contributed by atoms with van der Waals surface area (Å²) in [6, 6.07) is 4.24. The van der Waals surface area contributed by atoms with Gasteiger partial charge in [0.25, 0.3) is 0 Å². The van der Waals surface area contributed by atoms with E-state index in [0.717, 1.165) is 35.5 Å². The maximum absolute atomic E-state index is 5.70. The summed E-state index contributed by atoms with van der Waals surface area (Å²) in [4.78, 5) is 0. The first-order chi connectivity index (χ1) is 8.72. The molecule has 0 atom stereocenters. The molecule has 2 aromatic rings. The number of ether oxygens (including phenoxy) is 1. The third-order valence-corrected chi connectivity index (χ3v) is 3.47. The summed E-state index contributed by atoms with van der Waals surface area (Å²) in [6.07, 6.45) is 4.77. The molecule has 0 radical (unpaired) electrons. The van der Waals surface area contributed by atoms with Crippen LogP contribution in [0.25, 0.3) is 0 Å². The van der Waals surface area contributed by atoms with Gasteiger partial charge in [-0.2, -0.15) is 5.10 Å². The maximum Gasteiger partial charge on any atom is 0.127 e. The zero-order valence-electron chi connectivity index (χ0n) is 10.1. The SMILES string of the molecule is Cn1cc(NCc2cc(Br)cc3c2OCC3)cn1. The van der Waals surface area contributed by atoms with E-state index in [2.05, 4.69) is 38.5 Å². The lowest BCUT2D eigenvalue weighted by atomic mass is 10.1. The van der Waals surface area contributed by atoms with Crippen LogP contribution < -0.4 is 10.1 Å². The highest BCUT2D eigenvalue weighted by atomic mass is 79.9. The number of anilines is 1. The molecule has 0 spiro atoms. The quantitative estimate of drug-likeness (QED) is 0.947. The smallest absolute Gasteiger partial charge is 0.127 e. The highest BCUT2D eigenvalue weighted by Crippen LogP contribution is 2.33. The van der Waals surface area contributed by atoms with E-state index in [1.165, 1.54) is 11.1 Å². The summed E-state index contributed by atoms with van der Waals surface area (Å²) in [7, 11) is 1.91. The van der Waals surface area contributed by atoms with Crippen molar-refractivity contribution < 1.29 is 4.74 Å². The number of hydrogen-bond acceptors (Lipinski definition) is 3. The Kier molecular flexibility index (Phi) is 2.99. The normalized spacial score (nSPS) is 13.2. The number of halogens is 1. The molecule has 18 heavy (non-hydrogen) atoms. The second-order valence-corrected chi connectivity index (χ2v) is 5.32. The molecule has 0 fully saturated rings. The van der Waals surface area contributed by atoms with Crippen LogP contribution in [0.5, 0.6) is 5.75 Å². The minimum atomic E-state index is 0.744. The van der Waals surface area contributed by atoms with Crippen LogP contribution in [0.15, 0.2) is 29.0 Å². The van der Waals surface area contributed by atoms with Crippen molar-refractivity contribution in [1.82, 2.24) is 9.78 Å². The number of nitrogens with one attached hydrogen (secondary N) is 1. The van der Waals surface area contributed by atoms with E-state index in [1.807, 2.05) is 19.4 Å². The lowest BCUT2D eigenvalue weighted by Crippen LogP contribution is -2.01. The summed E-state index contributed by atoms with van der Waals surface area (Å²) < 4.78 is 8.58. The van der Waals surface area contributed by atoms with E-state index in [4.69, 9.17) is 4.74 Å². The van der Waals surface area contributed by atoms with Crippen LogP contribution in [0.1, 0.15) is 11.1 Å². The van der Waals surface area contributed by atoms with Crippen molar-refractivity contribution in [3.05, 3.63) is 40.1 Å². The predicted octanol–water partition coefficient (Wildman–Crippen LogP) is 2.73. The molecule has 0 saturated carbocycles. The Bertz CT molecular complexity index is 580. The zero-order chi connectivity index (χ0) is 12.5. The van der Waals surface area contributed by atoms with Crippen molar-refractivity contribution in [3.63, 3.8) is 0 Å². The van der Waals surface area contributed by atoms with Crippen molar-refractivity contribution in [2.75, 3.05) is 11.9 Å². The van der Waals surface area contributed by atoms with Gasteiger partial charge < -0.3 is 10.1 Å². The van der Waals surface area contributed by atoms with Crippen molar-refractivity contribution in [3.8, 4) is 5.75 Å². The van der Waals surface area contributed by atoms with Gasteiger partial charge in [-0.15, -0.1) is 0 Å². The molecular weight excluding hydrogens is 294 g/mol. The molecule has 0 bridgehead atoms. The first kappa shape index (κ1) is 11.6. The second-order valence-electron chi connectivity index (χ2n) is 4.41. The Hall–Kier alpha value is -1.49. The third kappa shape index (κ3) is 2.22. The van der Waals surface area contributed by atoms with Crippen molar-refractivity contribution in [2.45, 2.75) is 13.0 Å². The van der Waals surface area contributed by atoms with Crippen LogP contribution in [0, 0.1) is 0 Å². The molecule has 1 N–H and O–H groups in total. The van der Waals surface area contributed by atoms with E-state index < -0.39 is 0 Å². The first-order valence-corrected chi connectivity index (χ1v) is 6.68. The number of benzene rings is 1. The van der Waals surface area contributed by atoms with Gasteiger partial charge >= 0.3 is 0 Å². The van der Waals surface area contributed by atoms with Gasteiger partial charge in [0.2, 0.25) is 0 Å². The maximum atomic E-state index is 5.70. The number of fused-ring (bicyclic) bond motifs is 1. The van der Waals surface area contributed by atoms with Crippen LogP contribution in [-0.2, 0) is 20.0 Å². The molecule has 1 aliphatic heterocycles. The Balaban J connectivity index is 1.80. The molecule has 0 unspecified atom stereocenters. The van der Waals surface area contributed by atoms with Gasteiger partial charge in [-0.05, 0) is 17.7 Å². The highest BCUT2D eigenvalue weighted by molar-refractivity contribution is 9.10. The summed E-state index contributed by atoms with van der Waals surface area (Å²) in [5, 5.41) is 7.49. The van der Waals surface area contributed by atoms with Crippen LogP contribution >= 0.6 is 15.9 Å². The summed E-state index contributed by atoms with van der Waals surface area (Å²) in [5.74, 6) is 1.04. The van der Waals surface area contributed by atoms with E-state index >= 15 is 0 Å². The summed E-state index contributed by atoms with van der Waals surface area (Å²) in [5.41, 5.74) is 3.48. The Morgan fingerprint density at radius 1 is 1.50 bits per heavy atom. The predicted molar refractivity (Wildman–Crippen MR) is 73.9 cm³/mol. The molecule has 0 amide bonds. The molecule has 4 nitrogen and oxygen atoms in total. The Morgan fingerprint density at radius 2 is 2.39 bits per heavy atom. The third-order valence-electron chi connectivity index (χ3n) is 3.01. The number of hydrogen-bond donors (Lipinski definition) is 1. The van der Waals surface area contributed by atoms with Crippen molar-refractivity contribution >= 4 is 21.6 Å². The second kappa shape index (κ2) is 4.65. The fourth-order valence-electron chi connectivity index (χ4n) is 2.19. The van der Waals surface area contributed by atoms with Gasteiger partial charge in [-0.1, -0.05) is 15.9 Å². The first-order valence-electron chi connectivity index (χ1n) is 5.89. The van der Waals surface area contributed by atoms with Crippen LogP contribution in [0.2, 0.25) is 0 Å². The van der Waals surface area contributed by atoms with Gasteiger partial charge in [0.05, 0.1) is 18.5 Å². The van der Waals surface area contributed by atoms with Crippen molar-refractivity contribution in [2.24, 2.45) is 7.05 Å². The van der Waals surface area contributed by atoms with E-state index in [1.54, 1.807) is 4.68 Å². The molecule has 2 heterocycles. The highest BCUT2D eigenvalue weighted by Gasteiger charge is 2.17. The number of rotatable bonds is 3. The van der Waals surface area contributed by atoms with Gasteiger partial charge in [0, 0.05) is 36.2 Å². The largest absolute Gasteiger partial charge is 0.493 e. The average Bonchev–Trinajstić information content (AvgIpc) is 2.94. The minimum Gasteiger partial charge on any atom is -0.493 e. The molecule has 0 saturated heterocycles. The number of aryl methyl sites for hydroxylation is 1. The Labute approximate surface area is 114 Å². The van der Waals surface area contributed by atoms with Gasteiger partial charge in [0.15, 0.2) is 0 Å².